The van der Waals surface area contributed by atoms with Gasteiger partial charge < -0.3 is 10.1 Å². The average molecular weight is 378 g/mol. The zero-order valence-corrected chi connectivity index (χ0v) is 13.4. The monoisotopic (exact) mass is 377 g/mol. The molecule has 0 fully saturated rings. The van der Waals surface area contributed by atoms with E-state index in [0.29, 0.717) is 0 Å². The van der Waals surface area contributed by atoms with Crippen LogP contribution in [0.25, 0.3) is 0 Å². The maximum atomic E-state index is 12.7. The van der Waals surface area contributed by atoms with E-state index in [-0.39, 0.29) is 23.1 Å². The van der Waals surface area contributed by atoms with Crippen molar-refractivity contribution < 1.29 is 27.5 Å². The van der Waals surface area contributed by atoms with Gasteiger partial charge in [0.05, 0.1) is 29.6 Å². The van der Waals surface area contributed by atoms with E-state index in [2.05, 4.69) is 25.7 Å². The molecule has 0 aliphatic rings. The number of methoxy groups -OCH3 is 1. The van der Waals surface area contributed by atoms with E-state index in [1.54, 1.807) is 0 Å². The quantitative estimate of drug-likeness (QED) is 0.853. The molecule has 0 saturated heterocycles. The third kappa shape index (κ3) is 5.08. The highest BCUT2D eigenvalue weighted by Crippen LogP contribution is 2.33. The van der Waals surface area contributed by atoms with Crippen molar-refractivity contribution in [1.82, 2.24) is 15.0 Å². The Balaban J connectivity index is 2.04. The number of ether oxygens (including phenoxy) is 1. The van der Waals surface area contributed by atoms with Gasteiger partial charge in [0.1, 0.15) is 6.54 Å². The molecule has 0 atom stereocenters. The first kappa shape index (κ1) is 18.5. The van der Waals surface area contributed by atoms with Gasteiger partial charge in [-0.25, -0.2) is 9.48 Å². The minimum atomic E-state index is -4.57. The lowest BCUT2D eigenvalue weighted by molar-refractivity contribution is -0.137. The Labute approximate surface area is 143 Å². The molecular weight excluding hydrogens is 367 g/mol. The van der Waals surface area contributed by atoms with Gasteiger partial charge in [-0.05, 0) is 18.2 Å². The molecule has 8 nitrogen and oxygen atoms in total. The predicted octanol–water partition coefficient (Wildman–Crippen LogP) is 2.77. The SMILES string of the molecule is COC(=O)Nc1cn(CC(=O)Nc2cc(C(F)(F)F)ccc2Cl)nn1. The van der Waals surface area contributed by atoms with Crippen molar-refractivity contribution in [2.45, 2.75) is 12.7 Å². The van der Waals surface area contributed by atoms with Crippen LogP contribution >= 0.6 is 11.6 Å². The number of amides is 2. The van der Waals surface area contributed by atoms with Crippen LogP contribution in [0.5, 0.6) is 0 Å². The van der Waals surface area contributed by atoms with Gasteiger partial charge >= 0.3 is 12.3 Å². The van der Waals surface area contributed by atoms with E-state index in [1.807, 2.05) is 0 Å². The maximum absolute atomic E-state index is 12.7. The minimum absolute atomic E-state index is 0.0387. The Morgan fingerprint density at radius 2 is 2.04 bits per heavy atom. The molecular formula is C13H11ClF3N5O3. The summed E-state index contributed by atoms with van der Waals surface area (Å²) >= 11 is 5.79. The predicted molar refractivity (Wildman–Crippen MR) is 81.1 cm³/mol. The Hall–Kier alpha value is -2.82. The first-order chi connectivity index (χ1) is 11.7. The second kappa shape index (κ2) is 7.38. The fraction of sp³-hybridized carbons (Fsp3) is 0.231. The average Bonchev–Trinajstić information content (AvgIpc) is 2.95. The van der Waals surface area contributed by atoms with Crippen LogP contribution in [-0.2, 0) is 22.3 Å². The first-order valence-electron chi connectivity index (χ1n) is 6.60. The molecule has 1 heterocycles. The number of rotatable bonds is 4. The lowest BCUT2D eigenvalue weighted by Crippen LogP contribution is -2.20. The molecule has 25 heavy (non-hydrogen) atoms. The molecule has 2 N–H and O–H groups in total. The lowest BCUT2D eigenvalue weighted by Gasteiger charge is -2.11. The molecule has 0 spiro atoms. The smallest absolute Gasteiger partial charge is 0.416 e. The number of anilines is 2. The Morgan fingerprint density at radius 1 is 1.32 bits per heavy atom. The number of hydrogen-bond donors (Lipinski definition) is 2. The summed E-state index contributed by atoms with van der Waals surface area (Å²) < 4.78 is 43.5. The minimum Gasteiger partial charge on any atom is -0.453 e. The van der Waals surface area contributed by atoms with Crippen molar-refractivity contribution in [2.24, 2.45) is 0 Å². The molecule has 2 aromatic rings. The van der Waals surface area contributed by atoms with Crippen LogP contribution in [0.3, 0.4) is 0 Å². The number of alkyl halides is 3. The van der Waals surface area contributed by atoms with Gasteiger partial charge in [-0.2, -0.15) is 13.2 Å². The highest BCUT2D eigenvalue weighted by atomic mass is 35.5. The fourth-order valence-electron chi connectivity index (χ4n) is 1.72. The van der Waals surface area contributed by atoms with Crippen LogP contribution < -0.4 is 10.6 Å². The van der Waals surface area contributed by atoms with E-state index in [0.717, 1.165) is 30.0 Å². The van der Waals surface area contributed by atoms with Gasteiger partial charge in [-0.1, -0.05) is 16.8 Å². The number of benzene rings is 1. The van der Waals surface area contributed by atoms with E-state index in [9.17, 15) is 22.8 Å². The Kier molecular flexibility index (Phi) is 5.47. The molecule has 0 saturated carbocycles. The van der Waals surface area contributed by atoms with Gasteiger partial charge in [0.25, 0.3) is 0 Å². The molecule has 12 heteroatoms. The van der Waals surface area contributed by atoms with Gasteiger partial charge in [-0.3, -0.25) is 10.1 Å². The van der Waals surface area contributed by atoms with Gasteiger partial charge in [-0.15, -0.1) is 5.10 Å². The standard InChI is InChI=1S/C13H11ClF3N5O3/c1-25-12(24)19-10-5-22(21-20-10)6-11(23)18-9-4-7(13(15,16)17)2-3-8(9)14/h2-5H,6H2,1H3,(H,18,23)(H,19,24). The Morgan fingerprint density at radius 3 is 2.68 bits per heavy atom. The molecule has 0 aliphatic heterocycles. The van der Waals surface area contributed by atoms with Crippen molar-refractivity contribution in [3.63, 3.8) is 0 Å². The lowest BCUT2D eigenvalue weighted by atomic mass is 10.2. The van der Waals surface area contributed by atoms with Crippen LogP contribution in [0.15, 0.2) is 24.4 Å². The second-order valence-electron chi connectivity index (χ2n) is 4.66. The van der Waals surface area contributed by atoms with Gasteiger partial charge in [0.2, 0.25) is 5.91 Å². The normalized spacial score (nSPS) is 11.1. The summed E-state index contributed by atoms with van der Waals surface area (Å²) in [6.45, 7) is -0.359. The molecule has 0 aliphatic carbocycles. The third-order valence-corrected chi connectivity index (χ3v) is 3.16. The zero-order valence-electron chi connectivity index (χ0n) is 12.6. The Bertz CT molecular complexity index is 793. The zero-order chi connectivity index (χ0) is 18.6. The summed E-state index contributed by atoms with van der Waals surface area (Å²) in [5.41, 5.74) is -1.13. The van der Waals surface area contributed by atoms with Crippen LogP contribution in [0.4, 0.5) is 29.5 Å². The number of aromatic nitrogens is 3. The number of hydrogen-bond acceptors (Lipinski definition) is 5. The number of nitrogens with one attached hydrogen (secondary N) is 2. The van der Waals surface area contributed by atoms with Crippen molar-refractivity contribution in [3.8, 4) is 0 Å². The largest absolute Gasteiger partial charge is 0.453 e. The molecule has 1 aromatic heterocycles. The van der Waals surface area contributed by atoms with Crippen LogP contribution in [0.2, 0.25) is 5.02 Å². The van der Waals surface area contributed by atoms with Crippen LogP contribution in [0, 0.1) is 0 Å². The molecule has 0 bridgehead atoms. The van der Waals surface area contributed by atoms with E-state index < -0.39 is 23.7 Å². The maximum Gasteiger partial charge on any atom is 0.416 e. The number of nitrogens with zero attached hydrogens (tertiary/aromatic N) is 3. The number of carbonyl (C=O) groups excluding carboxylic acids is 2. The highest BCUT2D eigenvalue weighted by Gasteiger charge is 2.31. The summed E-state index contributed by atoms with van der Waals surface area (Å²) in [6, 6.07) is 2.57. The van der Waals surface area contributed by atoms with Crippen molar-refractivity contribution in [2.75, 3.05) is 17.7 Å². The van der Waals surface area contributed by atoms with Crippen molar-refractivity contribution >= 4 is 35.1 Å². The van der Waals surface area contributed by atoms with Crippen molar-refractivity contribution in [1.29, 1.82) is 0 Å². The van der Waals surface area contributed by atoms with E-state index in [4.69, 9.17) is 11.6 Å². The van der Waals surface area contributed by atoms with Crippen molar-refractivity contribution in [3.05, 3.63) is 35.0 Å². The van der Waals surface area contributed by atoms with E-state index >= 15 is 0 Å². The summed E-state index contributed by atoms with van der Waals surface area (Å²) in [5, 5.41) is 11.6. The topological polar surface area (TPSA) is 98.1 Å². The first-order valence-corrected chi connectivity index (χ1v) is 6.98. The molecule has 0 unspecified atom stereocenters. The second-order valence-corrected chi connectivity index (χ2v) is 5.07. The van der Waals surface area contributed by atoms with Gasteiger partial charge in [0.15, 0.2) is 5.82 Å². The molecule has 0 radical (unpaired) electrons. The summed E-state index contributed by atoms with van der Waals surface area (Å²) in [5.74, 6) is -0.646. The number of carbonyl (C=O) groups is 2. The molecule has 134 valence electrons. The van der Waals surface area contributed by atoms with Gasteiger partial charge in [0, 0.05) is 0 Å². The summed E-state index contributed by atoms with van der Waals surface area (Å²) in [6.07, 6.45) is -4.10. The van der Waals surface area contributed by atoms with Crippen LogP contribution in [-0.4, -0.2) is 34.1 Å². The molecule has 2 amide bonds. The van der Waals surface area contributed by atoms with Crippen LogP contribution in [0.1, 0.15) is 5.56 Å². The van der Waals surface area contributed by atoms with E-state index in [1.165, 1.54) is 6.20 Å². The molecule has 2 rings (SSSR count). The summed E-state index contributed by atoms with van der Waals surface area (Å²) in [7, 11) is 1.16. The fourth-order valence-corrected chi connectivity index (χ4v) is 1.89. The third-order valence-electron chi connectivity index (χ3n) is 2.83. The highest BCUT2D eigenvalue weighted by molar-refractivity contribution is 6.33. The number of halogens is 4. The summed E-state index contributed by atoms with van der Waals surface area (Å²) in [4.78, 5) is 22.9. The molecule has 1 aromatic carbocycles.